The lowest BCUT2D eigenvalue weighted by Crippen LogP contribution is -2.26. The predicted octanol–water partition coefficient (Wildman–Crippen LogP) is 5.82. The Bertz CT molecular complexity index is 847. The molecule has 0 saturated carbocycles. The molecule has 0 amide bonds. The summed E-state index contributed by atoms with van der Waals surface area (Å²) >= 11 is 6.11. The first-order valence-corrected chi connectivity index (χ1v) is 10.1. The third kappa shape index (κ3) is 5.21. The van der Waals surface area contributed by atoms with Crippen molar-refractivity contribution in [3.63, 3.8) is 0 Å². The summed E-state index contributed by atoms with van der Waals surface area (Å²) in [5, 5.41) is 5.49. The number of halogens is 1. The summed E-state index contributed by atoms with van der Waals surface area (Å²) in [4.78, 5) is 6.92. The largest absolute Gasteiger partial charge is 0.384 e. The first-order chi connectivity index (χ1) is 13.2. The van der Waals surface area contributed by atoms with Gasteiger partial charge in [0, 0.05) is 34.8 Å². The molecule has 0 spiro atoms. The monoisotopic (exact) mass is 381 g/mol. The van der Waals surface area contributed by atoms with Crippen molar-refractivity contribution in [2.24, 2.45) is 0 Å². The lowest BCUT2D eigenvalue weighted by molar-refractivity contribution is 0.291. The van der Waals surface area contributed by atoms with Gasteiger partial charge in [-0.2, -0.15) is 0 Å². The van der Waals surface area contributed by atoms with E-state index in [4.69, 9.17) is 11.6 Å². The third-order valence-electron chi connectivity index (χ3n) is 5.20. The molecule has 1 unspecified atom stereocenters. The second kappa shape index (κ2) is 9.72. The number of hydrogen-bond acceptors (Lipinski definition) is 3. The van der Waals surface area contributed by atoms with Gasteiger partial charge in [-0.05, 0) is 55.9 Å². The van der Waals surface area contributed by atoms with Gasteiger partial charge in [0.05, 0.1) is 5.52 Å². The van der Waals surface area contributed by atoms with Crippen LogP contribution in [0.15, 0.2) is 60.8 Å². The van der Waals surface area contributed by atoms with Crippen LogP contribution in [0.4, 0.5) is 5.69 Å². The fourth-order valence-electron chi connectivity index (χ4n) is 3.50. The highest BCUT2D eigenvalue weighted by Crippen LogP contribution is 2.26. The summed E-state index contributed by atoms with van der Waals surface area (Å²) in [6, 6.07) is 18.7. The molecule has 3 nitrogen and oxygen atoms in total. The van der Waals surface area contributed by atoms with Crippen molar-refractivity contribution < 1.29 is 0 Å². The van der Waals surface area contributed by atoms with Crippen molar-refractivity contribution in [2.45, 2.75) is 26.2 Å². The molecule has 0 aliphatic heterocycles. The molecule has 0 aliphatic carbocycles. The van der Waals surface area contributed by atoms with E-state index < -0.39 is 0 Å². The quantitative estimate of drug-likeness (QED) is 0.506. The standard InChI is InChI=1S/C23H28ClN3/c1-3-27(4-2)15-13-19(18-8-6-5-7-9-18)17-26-22-12-14-25-23-16-20(24)10-11-21(22)23/h5-12,14,16,19H,3-4,13,15,17H2,1-2H3,(H,25,26). The third-order valence-corrected chi connectivity index (χ3v) is 5.44. The van der Waals surface area contributed by atoms with Crippen molar-refractivity contribution in [1.29, 1.82) is 0 Å². The zero-order valence-corrected chi connectivity index (χ0v) is 16.9. The molecule has 0 fully saturated rings. The minimum Gasteiger partial charge on any atom is -0.384 e. The number of nitrogens with zero attached hydrogens (tertiary/aromatic N) is 2. The van der Waals surface area contributed by atoms with Crippen LogP contribution in [-0.2, 0) is 0 Å². The summed E-state index contributed by atoms with van der Waals surface area (Å²) in [5.74, 6) is 0.460. The van der Waals surface area contributed by atoms with Gasteiger partial charge in [0.25, 0.3) is 0 Å². The first kappa shape index (κ1) is 19.7. The topological polar surface area (TPSA) is 28.2 Å². The maximum absolute atomic E-state index is 6.11. The minimum atomic E-state index is 0.460. The molecule has 2 aromatic carbocycles. The van der Waals surface area contributed by atoms with Crippen LogP contribution < -0.4 is 5.32 Å². The molecule has 0 radical (unpaired) electrons. The van der Waals surface area contributed by atoms with Gasteiger partial charge in [-0.3, -0.25) is 4.98 Å². The molecular formula is C23H28ClN3. The van der Waals surface area contributed by atoms with Crippen molar-refractivity contribution in [2.75, 3.05) is 31.5 Å². The normalized spacial score (nSPS) is 12.4. The van der Waals surface area contributed by atoms with Gasteiger partial charge in [-0.25, -0.2) is 0 Å². The first-order valence-electron chi connectivity index (χ1n) is 9.76. The Morgan fingerprint density at radius 2 is 1.81 bits per heavy atom. The Morgan fingerprint density at radius 3 is 2.56 bits per heavy atom. The molecule has 1 N–H and O–H groups in total. The van der Waals surface area contributed by atoms with Crippen LogP contribution in [0.2, 0.25) is 5.02 Å². The molecule has 0 aliphatic rings. The molecule has 0 saturated heterocycles. The highest BCUT2D eigenvalue weighted by atomic mass is 35.5. The fourth-order valence-corrected chi connectivity index (χ4v) is 3.66. The van der Waals surface area contributed by atoms with Gasteiger partial charge in [0.1, 0.15) is 0 Å². The van der Waals surface area contributed by atoms with E-state index in [0.29, 0.717) is 10.9 Å². The summed E-state index contributed by atoms with van der Waals surface area (Å²) in [6.07, 6.45) is 2.97. The minimum absolute atomic E-state index is 0.460. The van der Waals surface area contributed by atoms with Crippen molar-refractivity contribution in [1.82, 2.24) is 9.88 Å². The summed E-state index contributed by atoms with van der Waals surface area (Å²) in [5.41, 5.74) is 3.42. The van der Waals surface area contributed by atoms with Crippen molar-refractivity contribution in [3.05, 3.63) is 71.4 Å². The smallest absolute Gasteiger partial charge is 0.0737 e. The van der Waals surface area contributed by atoms with E-state index >= 15 is 0 Å². The fraction of sp³-hybridized carbons (Fsp3) is 0.348. The van der Waals surface area contributed by atoms with Crippen LogP contribution in [0, 0.1) is 0 Å². The maximum Gasteiger partial charge on any atom is 0.0737 e. The molecule has 3 rings (SSSR count). The number of anilines is 1. The molecule has 1 atom stereocenters. The molecule has 1 heterocycles. The van der Waals surface area contributed by atoms with E-state index in [2.05, 4.69) is 59.4 Å². The van der Waals surface area contributed by atoms with Gasteiger partial charge >= 0.3 is 0 Å². The average molecular weight is 382 g/mol. The average Bonchev–Trinajstić information content (AvgIpc) is 2.71. The van der Waals surface area contributed by atoms with E-state index in [1.54, 1.807) is 0 Å². The molecule has 4 heteroatoms. The summed E-state index contributed by atoms with van der Waals surface area (Å²) < 4.78 is 0. The highest BCUT2D eigenvalue weighted by Gasteiger charge is 2.14. The Labute approximate surface area is 167 Å². The number of aromatic nitrogens is 1. The Balaban J connectivity index is 1.76. The van der Waals surface area contributed by atoms with Crippen LogP contribution in [-0.4, -0.2) is 36.1 Å². The van der Waals surface area contributed by atoms with E-state index in [1.165, 1.54) is 5.56 Å². The Morgan fingerprint density at radius 1 is 1.04 bits per heavy atom. The highest BCUT2D eigenvalue weighted by molar-refractivity contribution is 6.31. The van der Waals surface area contributed by atoms with Crippen LogP contribution >= 0.6 is 11.6 Å². The molecule has 142 valence electrons. The summed E-state index contributed by atoms with van der Waals surface area (Å²) in [7, 11) is 0. The maximum atomic E-state index is 6.11. The van der Waals surface area contributed by atoms with Crippen LogP contribution in [0.3, 0.4) is 0 Å². The van der Waals surface area contributed by atoms with Crippen LogP contribution in [0.25, 0.3) is 10.9 Å². The van der Waals surface area contributed by atoms with Gasteiger partial charge in [0.2, 0.25) is 0 Å². The van der Waals surface area contributed by atoms with E-state index in [1.807, 2.05) is 30.5 Å². The van der Waals surface area contributed by atoms with Gasteiger partial charge in [0.15, 0.2) is 0 Å². The van der Waals surface area contributed by atoms with Gasteiger partial charge in [-0.1, -0.05) is 55.8 Å². The Hall–Kier alpha value is -2.10. The zero-order valence-electron chi connectivity index (χ0n) is 16.2. The number of hydrogen-bond donors (Lipinski definition) is 1. The number of fused-ring (bicyclic) bond motifs is 1. The number of pyridine rings is 1. The molecule has 0 bridgehead atoms. The van der Waals surface area contributed by atoms with Crippen molar-refractivity contribution in [3.8, 4) is 0 Å². The predicted molar refractivity (Wildman–Crippen MR) is 117 cm³/mol. The lowest BCUT2D eigenvalue weighted by atomic mass is 9.95. The number of benzene rings is 2. The van der Waals surface area contributed by atoms with Gasteiger partial charge in [-0.15, -0.1) is 0 Å². The number of nitrogens with one attached hydrogen (secondary N) is 1. The van der Waals surface area contributed by atoms with E-state index in [9.17, 15) is 0 Å². The zero-order chi connectivity index (χ0) is 19.1. The summed E-state index contributed by atoms with van der Waals surface area (Å²) in [6.45, 7) is 8.66. The second-order valence-corrected chi connectivity index (χ2v) is 7.26. The van der Waals surface area contributed by atoms with E-state index in [-0.39, 0.29) is 0 Å². The Kier molecular flexibility index (Phi) is 7.08. The second-order valence-electron chi connectivity index (χ2n) is 6.82. The lowest BCUT2D eigenvalue weighted by Gasteiger charge is -2.24. The molecular weight excluding hydrogens is 354 g/mol. The molecule has 27 heavy (non-hydrogen) atoms. The van der Waals surface area contributed by atoms with Gasteiger partial charge < -0.3 is 10.2 Å². The SMILES string of the molecule is CCN(CC)CCC(CNc1ccnc2cc(Cl)ccc12)c1ccccc1. The molecule has 1 aromatic heterocycles. The number of rotatable bonds is 9. The van der Waals surface area contributed by atoms with Crippen LogP contribution in [0.5, 0.6) is 0 Å². The molecule has 3 aromatic rings. The van der Waals surface area contributed by atoms with Crippen molar-refractivity contribution >= 4 is 28.2 Å². The van der Waals surface area contributed by atoms with Crippen LogP contribution in [0.1, 0.15) is 31.7 Å². The van der Waals surface area contributed by atoms with E-state index in [0.717, 1.165) is 49.2 Å².